The highest BCUT2D eigenvalue weighted by atomic mass is 32.2. The lowest BCUT2D eigenvalue weighted by Crippen LogP contribution is -2.62. The number of hydrogen-bond acceptors (Lipinski definition) is 5. The maximum atomic E-state index is 3.89. The summed E-state index contributed by atoms with van der Waals surface area (Å²) in [6, 6.07) is 0.684. The van der Waals surface area contributed by atoms with Crippen molar-refractivity contribution in [1.82, 2.24) is 15.5 Å². The van der Waals surface area contributed by atoms with Crippen LogP contribution in [0.2, 0.25) is 0 Å². The molecule has 3 saturated heterocycles. The molecule has 3 heterocycles. The van der Waals surface area contributed by atoms with Crippen molar-refractivity contribution in [3.05, 3.63) is 0 Å². The van der Waals surface area contributed by atoms with E-state index in [1.165, 1.54) is 63.2 Å². The Balaban J connectivity index is 1.77. The number of thioether (sulfide) groups is 2. The molecule has 0 aromatic carbocycles. The summed E-state index contributed by atoms with van der Waals surface area (Å²) in [5, 5.41) is 7.39. The molecule has 0 amide bonds. The molecule has 0 aromatic heterocycles. The predicted octanol–water partition coefficient (Wildman–Crippen LogP) is 1.95. The molecule has 3 aliphatic heterocycles. The SMILES string of the molecule is C1CCNC(C2(N3CCNCC3)SCCCS2)CC1. The first-order chi connectivity index (χ1) is 9.42. The Labute approximate surface area is 126 Å². The molecule has 0 aliphatic carbocycles. The quantitative estimate of drug-likeness (QED) is 0.813. The van der Waals surface area contributed by atoms with Gasteiger partial charge in [0.15, 0.2) is 0 Å². The van der Waals surface area contributed by atoms with Gasteiger partial charge in [-0.1, -0.05) is 12.8 Å². The van der Waals surface area contributed by atoms with Crippen LogP contribution in [0.5, 0.6) is 0 Å². The number of nitrogens with zero attached hydrogens (tertiary/aromatic N) is 1. The minimum absolute atomic E-state index is 0.324. The van der Waals surface area contributed by atoms with Crippen LogP contribution >= 0.6 is 23.5 Å². The summed E-state index contributed by atoms with van der Waals surface area (Å²) in [5.74, 6) is 2.68. The zero-order valence-electron chi connectivity index (χ0n) is 11.8. The minimum Gasteiger partial charge on any atom is -0.314 e. The Morgan fingerprint density at radius 2 is 1.68 bits per heavy atom. The third-order valence-corrected chi connectivity index (χ3v) is 8.07. The third kappa shape index (κ3) is 3.26. The fourth-order valence-electron chi connectivity index (χ4n) is 3.46. The van der Waals surface area contributed by atoms with Gasteiger partial charge >= 0.3 is 0 Å². The lowest BCUT2D eigenvalue weighted by atomic mass is 10.1. The lowest BCUT2D eigenvalue weighted by molar-refractivity contribution is 0.170. The Bertz CT molecular complexity index is 268. The molecule has 3 aliphatic rings. The first-order valence-corrected chi connectivity index (χ1v) is 9.86. The largest absolute Gasteiger partial charge is 0.314 e. The van der Waals surface area contributed by atoms with Crippen molar-refractivity contribution in [3.63, 3.8) is 0 Å². The van der Waals surface area contributed by atoms with Crippen LogP contribution in [0, 0.1) is 0 Å². The van der Waals surface area contributed by atoms with Crippen molar-refractivity contribution < 1.29 is 0 Å². The summed E-state index contributed by atoms with van der Waals surface area (Å²) in [4.78, 5) is 2.78. The highest BCUT2D eigenvalue weighted by Crippen LogP contribution is 2.48. The molecule has 0 radical (unpaired) electrons. The molecule has 19 heavy (non-hydrogen) atoms. The standard InChI is InChI=1S/C14H27N3S2/c1-2-5-13(16-6-3-1)14(18-11-4-12-19-14)17-9-7-15-8-10-17/h13,15-16H,1-12H2. The third-order valence-electron chi connectivity index (χ3n) is 4.46. The molecule has 1 unspecified atom stereocenters. The lowest BCUT2D eigenvalue weighted by Gasteiger charge is -2.51. The summed E-state index contributed by atoms with van der Waals surface area (Å²) < 4.78 is 0.324. The average molecular weight is 302 g/mol. The monoisotopic (exact) mass is 301 g/mol. The van der Waals surface area contributed by atoms with Gasteiger partial charge in [-0.25, -0.2) is 0 Å². The van der Waals surface area contributed by atoms with Crippen LogP contribution in [0.15, 0.2) is 0 Å². The molecule has 2 N–H and O–H groups in total. The van der Waals surface area contributed by atoms with Crippen LogP contribution in [0.1, 0.15) is 32.1 Å². The highest BCUT2D eigenvalue weighted by molar-refractivity contribution is 8.18. The fraction of sp³-hybridized carbons (Fsp3) is 1.00. The van der Waals surface area contributed by atoms with Gasteiger partial charge in [0.25, 0.3) is 0 Å². The Morgan fingerprint density at radius 1 is 0.895 bits per heavy atom. The normalized spacial score (nSPS) is 33.8. The molecular formula is C14H27N3S2. The van der Waals surface area contributed by atoms with E-state index in [0.717, 1.165) is 13.1 Å². The molecule has 5 heteroatoms. The number of piperazine rings is 1. The fourth-order valence-corrected chi connectivity index (χ4v) is 7.17. The van der Waals surface area contributed by atoms with E-state index in [9.17, 15) is 0 Å². The smallest absolute Gasteiger partial charge is 0.129 e. The molecule has 110 valence electrons. The average Bonchev–Trinajstić information content (AvgIpc) is 2.78. The van der Waals surface area contributed by atoms with E-state index < -0.39 is 0 Å². The van der Waals surface area contributed by atoms with E-state index in [1.54, 1.807) is 0 Å². The van der Waals surface area contributed by atoms with Gasteiger partial charge in [0.05, 0.1) is 0 Å². The van der Waals surface area contributed by atoms with Gasteiger partial charge in [0.1, 0.15) is 4.20 Å². The molecule has 1 atom stereocenters. The maximum absolute atomic E-state index is 3.89. The molecule has 3 fully saturated rings. The Hall–Kier alpha value is 0.580. The Morgan fingerprint density at radius 3 is 2.47 bits per heavy atom. The molecule has 0 spiro atoms. The van der Waals surface area contributed by atoms with Crippen molar-refractivity contribution in [1.29, 1.82) is 0 Å². The number of rotatable bonds is 2. The number of nitrogens with one attached hydrogen (secondary N) is 2. The van der Waals surface area contributed by atoms with E-state index in [-0.39, 0.29) is 0 Å². The molecule has 3 nitrogen and oxygen atoms in total. The van der Waals surface area contributed by atoms with E-state index in [2.05, 4.69) is 39.1 Å². The molecule has 0 saturated carbocycles. The van der Waals surface area contributed by atoms with Gasteiger partial charge in [-0.05, 0) is 37.3 Å². The second kappa shape index (κ2) is 7.03. The number of hydrogen-bond donors (Lipinski definition) is 2. The first kappa shape index (κ1) is 14.5. The van der Waals surface area contributed by atoms with Gasteiger partial charge in [0, 0.05) is 32.2 Å². The van der Waals surface area contributed by atoms with Crippen molar-refractivity contribution in [2.24, 2.45) is 0 Å². The van der Waals surface area contributed by atoms with Gasteiger partial charge in [-0.3, -0.25) is 4.90 Å². The van der Waals surface area contributed by atoms with E-state index in [1.807, 2.05) is 0 Å². The van der Waals surface area contributed by atoms with Crippen LogP contribution in [0.3, 0.4) is 0 Å². The van der Waals surface area contributed by atoms with Gasteiger partial charge in [0.2, 0.25) is 0 Å². The Kier molecular flexibility index (Phi) is 5.37. The summed E-state index contributed by atoms with van der Waals surface area (Å²) >= 11 is 4.46. The second-order valence-electron chi connectivity index (χ2n) is 5.77. The second-order valence-corrected chi connectivity index (χ2v) is 8.67. The molecule has 0 aromatic rings. The summed E-state index contributed by atoms with van der Waals surface area (Å²) in [6.07, 6.45) is 6.94. The van der Waals surface area contributed by atoms with Crippen LogP contribution in [-0.4, -0.2) is 59.4 Å². The van der Waals surface area contributed by atoms with Crippen LogP contribution in [-0.2, 0) is 0 Å². The molecule has 0 bridgehead atoms. The van der Waals surface area contributed by atoms with Crippen LogP contribution in [0.25, 0.3) is 0 Å². The van der Waals surface area contributed by atoms with Gasteiger partial charge < -0.3 is 10.6 Å². The highest BCUT2D eigenvalue weighted by Gasteiger charge is 2.46. The van der Waals surface area contributed by atoms with Gasteiger partial charge in [-0.2, -0.15) is 0 Å². The zero-order chi connectivity index (χ0) is 13.0. The van der Waals surface area contributed by atoms with Crippen molar-refractivity contribution in [2.75, 3.05) is 44.2 Å². The summed E-state index contributed by atoms with van der Waals surface area (Å²) in [7, 11) is 0. The van der Waals surface area contributed by atoms with Crippen molar-refractivity contribution in [2.45, 2.75) is 42.3 Å². The topological polar surface area (TPSA) is 27.3 Å². The summed E-state index contributed by atoms with van der Waals surface area (Å²) in [5.41, 5.74) is 0. The first-order valence-electron chi connectivity index (χ1n) is 7.89. The van der Waals surface area contributed by atoms with E-state index >= 15 is 0 Å². The predicted molar refractivity (Wildman–Crippen MR) is 87.0 cm³/mol. The molecule has 3 rings (SSSR count). The van der Waals surface area contributed by atoms with E-state index in [4.69, 9.17) is 0 Å². The van der Waals surface area contributed by atoms with Crippen LogP contribution in [0.4, 0.5) is 0 Å². The zero-order valence-corrected chi connectivity index (χ0v) is 13.5. The maximum Gasteiger partial charge on any atom is 0.129 e. The van der Waals surface area contributed by atoms with Crippen LogP contribution < -0.4 is 10.6 Å². The summed E-state index contributed by atoms with van der Waals surface area (Å²) in [6.45, 7) is 5.99. The van der Waals surface area contributed by atoms with E-state index in [0.29, 0.717) is 10.2 Å². The molecular weight excluding hydrogens is 274 g/mol. The van der Waals surface area contributed by atoms with Gasteiger partial charge in [-0.15, -0.1) is 23.5 Å². The van der Waals surface area contributed by atoms with Crippen molar-refractivity contribution in [3.8, 4) is 0 Å². The van der Waals surface area contributed by atoms with Crippen molar-refractivity contribution >= 4 is 23.5 Å². The minimum atomic E-state index is 0.324.